The van der Waals surface area contributed by atoms with Gasteiger partial charge in [0.15, 0.2) is 0 Å². The normalized spacial score (nSPS) is 20.6. The molecule has 33 heavy (non-hydrogen) atoms. The van der Waals surface area contributed by atoms with Crippen molar-refractivity contribution < 1.29 is 28.7 Å². The third-order valence-electron chi connectivity index (χ3n) is 4.98. The first-order chi connectivity index (χ1) is 15.8. The van der Waals surface area contributed by atoms with Gasteiger partial charge in [-0.2, -0.15) is 0 Å². The first kappa shape index (κ1) is 22.8. The van der Waals surface area contributed by atoms with Gasteiger partial charge in [-0.25, -0.2) is 4.79 Å². The smallest absolute Gasteiger partial charge is 0.352 e. The van der Waals surface area contributed by atoms with Crippen molar-refractivity contribution in [3.63, 3.8) is 0 Å². The first-order valence-corrected chi connectivity index (χ1v) is 11.6. The number of carboxylic acid groups (broad SMARTS) is 1. The van der Waals surface area contributed by atoms with Crippen LogP contribution in [0.5, 0.6) is 0 Å². The number of carboxylic acids is 1. The van der Waals surface area contributed by atoms with E-state index in [4.69, 9.17) is 15.9 Å². The fourth-order valence-corrected chi connectivity index (χ4v) is 5.61. The van der Waals surface area contributed by atoms with E-state index in [0.29, 0.717) is 16.9 Å². The van der Waals surface area contributed by atoms with E-state index in [1.54, 1.807) is 30.3 Å². The lowest BCUT2D eigenvalue weighted by atomic mass is 10.0. The lowest BCUT2D eigenvalue weighted by Gasteiger charge is -2.49. The number of nitrogens with one attached hydrogen (secondary N) is 1. The second kappa shape index (κ2) is 9.25. The topological polar surface area (TPSA) is 195 Å². The predicted octanol–water partition coefficient (Wildman–Crippen LogP) is -0.301. The molecule has 3 heterocycles. The molecule has 0 radical (unpaired) electrons. The van der Waals surface area contributed by atoms with Gasteiger partial charge in [0, 0.05) is 11.5 Å². The van der Waals surface area contributed by atoms with Crippen LogP contribution in [0, 0.1) is 0 Å². The standard InChI is InChI=1S/C19H18N6O6S2/c20-10(8-4-2-1-3-5-8)14(27)22-11-16(28)25-12(18(29)30)9(6-32-17(11)25)7-33-19-24-23-15(31-19)13(21)26/h1-5,10-11,17H,6-7,20H2,(H2,21,26)(H,22,27)(H,29,30)/t10-,11?,17-/m1/s1. The third-order valence-corrected chi connectivity index (χ3v) is 7.22. The number of aromatic nitrogens is 2. The number of amides is 3. The molecule has 0 saturated carbocycles. The zero-order chi connectivity index (χ0) is 23.7. The molecule has 0 bridgehead atoms. The van der Waals surface area contributed by atoms with E-state index in [9.17, 15) is 24.3 Å². The molecule has 4 rings (SSSR count). The highest BCUT2D eigenvalue weighted by Crippen LogP contribution is 2.41. The van der Waals surface area contributed by atoms with Gasteiger partial charge in [-0.05, 0) is 11.1 Å². The number of hydrogen-bond acceptors (Lipinski definition) is 10. The zero-order valence-electron chi connectivity index (χ0n) is 16.8. The van der Waals surface area contributed by atoms with E-state index >= 15 is 0 Å². The number of aliphatic carboxylic acids is 1. The van der Waals surface area contributed by atoms with Crippen LogP contribution < -0.4 is 16.8 Å². The van der Waals surface area contributed by atoms with Crippen LogP contribution in [0.2, 0.25) is 0 Å². The molecular formula is C19H18N6O6S2. The van der Waals surface area contributed by atoms with Crippen molar-refractivity contribution in [2.45, 2.75) is 22.7 Å². The van der Waals surface area contributed by atoms with Crippen molar-refractivity contribution in [2.24, 2.45) is 11.5 Å². The maximum absolute atomic E-state index is 12.8. The minimum Gasteiger partial charge on any atom is -0.477 e. The number of nitrogens with two attached hydrogens (primary N) is 2. The van der Waals surface area contributed by atoms with Crippen molar-refractivity contribution in [1.82, 2.24) is 20.4 Å². The van der Waals surface area contributed by atoms with Gasteiger partial charge in [0.05, 0.1) is 0 Å². The quantitative estimate of drug-likeness (QED) is 0.280. The molecule has 3 amide bonds. The van der Waals surface area contributed by atoms with Crippen LogP contribution in [0.15, 0.2) is 51.2 Å². The van der Waals surface area contributed by atoms with E-state index in [1.165, 1.54) is 11.8 Å². The number of hydrogen-bond donors (Lipinski definition) is 4. The summed E-state index contributed by atoms with van der Waals surface area (Å²) >= 11 is 2.34. The Bertz CT molecular complexity index is 1150. The number of primary amides is 1. The molecule has 1 fully saturated rings. The second-order valence-corrected chi connectivity index (χ2v) is 9.10. The monoisotopic (exact) mass is 490 g/mol. The molecule has 1 unspecified atom stereocenters. The minimum absolute atomic E-state index is 0.0446. The Labute approximate surface area is 195 Å². The van der Waals surface area contributed by atoms with Crippen LogP contribution in [0.1, 0.15) is 22.3 Å². The summed E-state index contributed by atoms with van der Waals surface area (Å²) in [6.45, 7) is 0. The molecule has 172 valence electrons. The average Bonchev–Trinajstić information content (AvgIpc) is 3.29. The molecule has 12 nitrogen and oxygen atoms in total. The molecular weight excluding hydrogens is 472 g/mol. The Balaban J connectivity index is 1.45. The van der Waals surface area contributed by atoms with Crippen molar-refractivity contribution in [3.05, 3.63) is 53.1 Å². The fourth-order valence-electron chi connectivity index (χ4n) is 3.37. The molecule has 1 aromatic carbocycles. The Morgan fingerprint density at radius 2 is 2.03 bits per heavy atom. The second-order valence-electron chi connectivity index (χ2n) is 7.07. The molecule has 6 N–H and O–H groups in total. The minimum atomic E-state index is -1.27. The molecule has 2 aromatic rings. The van der Waals surface area contributed by atoms with Gasteiger partial charge in [-0.1, -0.05) is 42.1 Å². The van der Waals surface area contributed by atoms with Crippen LogP contribution in [-0.2, 0) is 14.4 Å². The molecule has 14 heteroatoms. The van der Waals surface area contributed by atoms with Crippen LogP contribution in [-0.4, -0.2) is 66.8 Å². The summed E-state index contributed by atoms with van der Waals surface area (Å²) in [4.78, 5) is 49.5. The largest absolute Gasteiger partial charge is 0.477 e. The molecule has 1 aromatic heterocycles. The summed E-state index contributed by atoms with van der Waals surface area (Å²) in [7, 11) is 0. The van der Waals surface area contributed by atoms with E-state index in [0.717, 1.165) is 16.7 Å². The SMILES string of the molecule is NC(=O)c1nnc(SCC2=C(C(=O)O)N3C(=O)C(NC(=O)[C@H](N)c4ccccc4)[C@H]3SC2)o1. The summed E-state index contributed by atoms with van der Waals surface area (Å²) < 4.78 is 5.08. The van der Waals surface area contributed by atoms with E-state index in [1.807, 2.05) is 0 Å². The number of carbonyl (C=O) groups excluding carboxylic acids is 3. The van der Waals surface area contributed by atoms with Crippen LogP contribution in [0.4, 0.5) is 0 Å². The number of fused-ring (bicyclic) bond motifs is 1. The Morgan fingerprint density at radius 3 is 2.67 bits per heavy atom. The first-order valence-electron chi connectivity index (χ1n) is 9.55. The molecule has 2 aliphatic rings. The van der Waals surface area contributed by atoms with Gasteiger partial charge in [0.1, 0.15) is 23.2 Å². The summed E-state index contributed by atoms with van der Waals surface area (Å²) in [6.07, 6.45) is 0. The van der Waals surface area contributed by atoms with Gasteiger partial charge in [0.2, 0.25) is 5.91 Å². The Hall–Kier alpha value is -3.36. The van der Waals surface area contributed by atoms with Gasteiger partial charge in [0.25, 0.3) is 11.1 Å². The predicted molar refractivity (Wildman–Crippen MR) is 117 cm³/mol. The third kappa shape index (κ3) is 4.44. The highest BCUT2D eigenvalue weighted by Gasteiger charge is 2.54. The van der Waals surface area contributed by atoms with E-state index in [2.05, 4.69) is 15.5 Å². The van der Waals surface area contributed by atoms with Gasteiger partial charge >= 0.3 is 17.8 Å². The van der Waals surface area contributed by atoms with E-state index in [-0.39, 0.29) is 22.6 Å². The van der Waals surface area contributed by atoms with Crippen molar-refractivity contribution in [1.29, 1.82) is 0 Å². The number of carbonyl (C=O) groups is 4. The highest BCUT2D eigenvalue weighted by molar-refractivity contribution is 8.01. The van der Waals surface area contributed by atoms with Crippen LogP contribution in [0.3, 0.4) is 0 Å². The average molecular weight is 491 g/mol. The summed E-state index contributed by atoms with van der Waals surface area (Å²) in [5, 5.41) is 19.0. The van der Waals surface area contributed by atoms with Crippen molar-refractivity contribution in [3.8, 4) is 0 Å². The Kier molecular flexibility index (Phi) is 6.40. The summed E-state index contributed by atoms with van der Waals surface area (Å²) in [6, 6.07) is 6.88. The van der Waals surface area contributed by atoms with E-state index < -0.39 is 41.1 Å². The zero-order valence-corrected chi connectivity index (χ0v) is 18.5. The van der Waals surface area contributed by atoms with Crippen LogP contribution >= 0.6 is 23.5 Å². The molecule has 2 aliphatic heterocycles. The van der Waals surface area contributed by atoms with Crippen LogP contribution in [0.25, 0.3) is 0 Å². The van der Waals surface area contributed by atoms with Crippen molar-refractivity contribution >= 4 is 47.2 Å². The molecule has 1 saturated heterocycles. The number of β-lactam (4-membered cyclic amide) rings is 1. The number of nitrogens with zero attached hydrogens (tertiary/aromatic N) is 3. The molecule has 0 spiro atoms. The lowest BCUT2D eigenvalue weighted by Crippen LogP contribution is -2.71. The highest BCUT2D eigenvalue weighted by atomic mass is 32.2. The Morgan fingerprint density at radius 1 is 1.30 bits per heavy atom. The van der Waals surface area contributed by atoms with Crippen molar-refractivity contribution in [2.75, 3.05) is 11.5 Å². The number of thioether (sulfide) groups is 2. The van der Waals surface area contributed by atoms with Gasteiger partial charge < -0.3 is 26.3 Å². The summed E-state index contributed by atoms with van der Waals surface area (Å²) in [5.74, 6) is -3.11. The lowest BCUT2D eigenvalue weighted by molar-refractivity contribution is -0.150. The maximum atomic E-state index is 12.8. The number of rotatable bonds is 8. The molecule has 3 atom stereocenters. The summed E-state index contributed by atoms with van der Waals surface area (Å²) in [5.41, 5.74) is 12.0. The molecule has 0 aliphatic carbocycles. The maximum Gasteiger partial charge on any atom is 0.352 e. The fraction of sp³-hybridized carbons (Fsp3) is 0.263. The van der Waals surface area contributed by atoms with Gasteiger partial charge in [-0.15, -0.1) is 22.0 Å². The number of benzene rings is 1. The van der Waals surface area contributed by atoms with Gasteiger partial charge in [-0.3, -0.25) is 19.3 Å².